The second-order valence-electron chi connectivity index (χ2n) is 6.37. The van der Waals surface area contributed by atoms with Crippen LogP contribution in [0.4, 0.5) is 5.69 Å². The third-order valence-corrected chi connectivity index (χ3v) is 6.21. The van der Waals surface area contributed by atoms with Crippen LogP contribution < -0.4 is 10.5 Å². The van der Waals surface area contributed by atoms with Gasteiger partial charge in [-0.25, -0.2) is 13.1 Å². The molecule has 110 valence electrons. The van der Waals surface area contributed by atoms with Gasteiger partial charge in [0.15, 0.2) is 0 Å². The van der Waals surface area contributed by atoms with Gasteiger partial charge in [-0.3, -0.25) is 0 Å². The fraction of sp³-hybridized carbons (Fsp3) is 0.600. The van der Waals surface area contributed by atoms with Crippen LogP contribution in [0.5, 0.6) is 0 Å². The van der Waals surface area contributed by atoms with Crippen molar-refractivity contribution in [1.29, 1.82) is 0 Å². The van der Waals surface area contributed by atoms with Crippen molar-refractivity contribution in [3.8, 4) is 0 Å². The number of nitrogens with two attached hydrogens (primary N) is 1. The van der Waals surface area contributed by atoms with Gasteiger partial charge in [0, 0.05) is 12.2 Å². The van der Waals surface area contributed by atoms with Gasteiger partial charge in [-0.15, -0.1) is 0 Å². The van der Waals surface area contributed by atoms with E-state index < -0.39 is 10.0 Å². The molecule has 0 heterocycles. The summed E-state index contributed by atoms with van der Waals surface area (Å²) in [6.07, 6.45) is 5.09. The van der Waals surface area contributed by atoms with Gasteiger partial charge in [0.25, 0.3) is 0 Å². The number of aryl methyl sites for hydroxylation is 1. The highest BCUT2D eigenvalue weighted by Gasteiger charge is 2.39. The predicted molar refractivity (Wildman–Crippen MR) is 79.7 cm³/mol. The lowest BCUT2D eigenvalue weighted by Crippen LogP contribution is -2.31. The monoisotopic (exact) mass is 294 g/mol. The molecule has 5 heteroatoms. The minimum absolute atomic E-state index is 0.276. The molecular weight excluding hydrogens is 272 g/mol. The lowest BCUT2D eigenvalue weighted by atomic mass is 9.89. The van der Waals surface area contributed by atoms with E-state index in [0.717, 1.165) is 17.4 Å². The van der Waals surface area contributed by atoms with Gasteiger partial charge in [-0.1, -0.05) is 6.42 Å². The standard InChI is InChI=1S/C15H22N2O2S/c1-10-4-14(16)8-15(5-10)20(18,19)17-9-13-7-11-2-3-12(13)6-11/h4-5,8,11-13,17H,2-3,6-7,9,16H2,1H3. The second kappa shape index (κ2) is 5.04. The highest BCUT2D eigenvalue weighted by molar-refractivity contribution is 7.89. The molecule has 3 N–H and O–H groups in total. The number of hydrogen-bond donors (Lipinski definition) is 2. The summed E-state index contributed by atoms with van der Waals surface area (Å²) in [5.41, 5.74) is 7.09. The Morgan fingerprint density at radius 1 is 1.25 bits per heavy atom. The zero-order chi connectivity index (χ0) is 14.3. The summed E-state index contributed by atoms with van der Waals surface area (Å²) in [6, 6.07) is 4.96. The van der Waals surface area contributed by atoms with Crippen molar-refractivity contribution in [2.75, 3.05) is 12.3 Å². The number of benzene rings is 1. The van der Waals surface area contributed by atoms with Crippen LogP contribution in [-0.4, -0.2) is 15.0 Å². The van der Waals surface area contributed by atoms with E-state index >= 15 is 0 Å². The maximum atomic E-state index is 12.3. The molecule has 2 saturated carbocycles. The molecule has 0 aromatic heterocycles. The Balaban J connectivity index is 1.69. The van der Waals surface area contributed by atoms with Gasteiger partial charge in [0.05, 0.1) is 4.90 Å². The maximum Gasteiger partial charge on any atom is 0.240 e. The highest BCUT2D eigenvalue weighted by Crippen LogP contribution is 2.48. The average molecular weight is 294 g/mol. The van der Waals surface area contributed by atoms with Gasteiger partial charge < -0.3 is 5.73 Å². The number of anilines is 1. The predicted octanol–water partition coefficient (Wildman–Crippen LogP) is 2.29. The molecule has 3 unspecified atom stereocenters. The summed E-state index contributed by atoms with van der Waals surface area (Å²) in [5.74, 6) is 2.08. The Hall–Kier alpha value is -1.07. The summed E-state index contributed by atoms with van der Waals surface area (Å²) < 4.78 is 27.4. The normalized spacial score (nSPS) is 28.9. The maximum absolute atomic E-state index is 12.3. The molecule has 0 radical (unpaired) electrons. The molecule has 0 saturated heterocycles. The quantitative estimate of drug-likeness (QED) is 0.837. The zero-order valence-corrected chi connectivity index (χ0v) is 12.6. The average Bonchev–Trinajstić information content (AvgIpc) is 2.97. The first kappa shape index (κ1) is 13.9. The van der Waals surface area contributed by atoms with Gasteiger partial charge in [-0.2, -0.15) is 0 Å². The first-order valence-corrected chi connectivity index (χ1v) is 8.79. The van der Waals surface area contributed by atoms with Crippen molar-refractivity contribution in [2.24, 2.45) is 17.8 Å². The lowest BCUT2D eigenvalue weighted by molar-refractivity contribution is 0.333. The van der Waals surface area contributed by atoms with E-state index in [0.29, 0.717) is 18.2 Å². The number of fused-ring (bicyclic) bond motifs is 2. The van der Waals surface area contributed by atoms with Crippen LogP contribution in [0, 0.1) is 24.7 Å². The van der Waals surface area contributed by atoms with E-state index in [4.69, 9.17) is 5.73 Å². The molecule has 0 amide bonds. The van der Waals surface area contributed by atoms with Crippen molar-refractivity contribution in [3.63, 3.8) is 0 Å². The third kappa shape index (κ3) is 2.69. The topological polar surface area (TPSA) is 72.2 Å². The molecule has 1 aromatic carbocycles. The molecule has 20 heavy (non-hydrogen) atoms. The van der Waals surface area contributed by atoms with Crippen LogP contribution in [0.15, 0.2) is 23.1 Å². The Morgan fingerprint density at radius 2 is 2.05 bits per heavy atom. The number of nitrogens with one attached hydrogen (secondary N) is 1. The Labute approximate surface area is 120 Å². The van der Waals surface area contributed by atoms with E-state index in [1.807, 2.05) is 6.92 Å². The molecule has 0 spiro atoms. The zero-order valence-electron chi connectivity index (χ0n) is 11.8. The number of nitrogen functional groups attached to an aromatic ring is 1. The first-order valence-electron chi connectivity index (χ1n) is 7.31. The van der Waals surface area contributed by atoms with Crippen molar-refractivity contribution < 1.29 is 8.42 Å². The van der Waals surface area contributed by atoms with E-state index in [-0.39, 0.29) is 4.90 Å². The van der Waals surface area contributed by atoms with Crippen molar-refractivity contribution in [2.45, 2.75) is 37.5 Å². The number of hydrogen-bond acceptors (Lipinski definition) is 3. The van der Waals surface area contributed by atoms with Crippen LogP contribution >= 0.6 is 0 Å². The van der Waals surface area contributed by atoms with Crippen molar-refractivity contribution >= 4 is 15.7 Å². The van der Waals surface area contributed by atoms with Crippen molar-refractivity contribution in [3.05, 3.63) is 23.8 Å². The molecule has 3 atom stereocenters. The molecular formula is C15H22N2O2S. The lowest BCUT2D eigenvalue weighted by Gasteiger charge is -2.21. The third-order valence-electron chi connectivity index (χ3n) is 4.80. The fourth-order valence-corrected chi connectivity index (χ4v) is 5.09. The molecule has 2 bridgehead atoms. The number of rotatable bonds is 4. The van der Waals surface area contributed by atoms with Gasteiger partial charge >= 0.3 is 0 Å². The molecule has 0 aliphatic heterocycles. The minimum atomic E-state index is -3.44. The van der Waals surface area contributed by atoms with E-state index in [1.54, 1.807) is 12.1 Å². The van der Waals surface area contributed by atoms with Crippen LogP contribution in [0.1, 0.15) is 31.2 Å². The SMILES string of the molecule is Cc1cc(N)cc(S(=O)(=O)NCC2CC3CCC2C3)c1. The second-order valence-corrected chi connectivity index (χ2v) is 8.13. The van der Waals surface area contributed by atoms with Crippen LogP contribution in [0.25, 0.3) is 0 Å². The van der Waals surface area contributed by atoms with Gasteiger partial charge in [0.2, 0.25) is 10.0 Å². The van der Waals surface area contributed by atoms with Crippen LogP contribution in [0.3, 0.4) is 0 Å². The van der Waals surface area contributed by atoms with Gasteiger partial charge in [0.1, 0.15) is 0 Å². The number of sulfonamides is 1. The van der Waals surface area contributed by atoms with E-state index in [9.17, 15) is 8.42 Å². The minimum Gasteiger partial charge on any atom is -0.399 e. The Kier molecular flexibility index (Phi) is 3.50. The first-order chi connectivity index (χ1) is 9.44. The van der Waals surface area contributed by atoms with E-state index in [2.05, 4.69) is 4.72 Å². The fourth-order valence-electron chi connectivity index (χ4n) is 3.86. The van der Waals surface area contributed by atoms with E-state index in [1.165, 1.54) is 31.7 Å². The molecule has 3 rings (SSSR count). The molecule has 4 nitrogen and oxygen atoms in total. The van der Waals surface area contributed by atoms with Gasteiger partial charge in [-0.05, 0) is 67.7 Å². The Bertz CT molecular complexity index is 592. The summed E-state index contributed by atoms with van der Waals surface area (Å²) >= 11 is 0. The largest absolute Gasteiger partial charge is 0.399 e. The summed E-state index contributed by atoms with van der Waals surface area (Å²) in [5, 5.41) is 0. The summed E-state index contributed by atoms with van der Waals surface area (Å²) in [4.78, 5) is 0.276. The smallest absolute Gasteiger partial charge is 0.240 e. The molecule has 1 aromatic rings. The summed E-state index contributed by atoms with van der Waals surface area (Å²) in [7, 11) is -3.44. The molecule has 2 aliphatic rings. The Morgan fingerprint density at radius 3 is 2.65 bits per heavy atom. The summed E-state index contributed by atoms with van der Waals surface area (Å²) in [6.45, 7) is 2.42. The molecule has 2 fully saturated rings. The van der Waals surface area contributed by atoms with Crippen LogP contribution in [0.2, 0.25) is 0 Å². The van der Waals surface area contributed by atoms with Crippen LogP contribution in [-0.2, 0) is 10.0 Å². The molecule has 2 aliphatic carbocycles. The highest BCUT2D eigenvalue weighted by atomic mass is 32.2. The van der Waals surface area contributed by atoms with Crippen molar-refractivity contribution in [1.82, 2.24) is 4.72 Å².